The van der Waals surface area contributed by atoms with Gasteiger partial charge in [-0.1, -0.05) is 23.7 Å². The van der Waals surface area contributed by atoms with Gasteiger partial charge in [-0.2, -0.15) is 0 Å². The predicted octanol–water partition coefficient (Wildman–Crippen LogP) is 2.79. The molecule has 2 aromatic carbocycles. The van der Waals surface area contributed by atoms with Crippen molar-refractivity contribution < 1.29 is 19.0 Å². The molecule has 2 aromatic rings. The molecule has 2 aliphatic rings. The number of carbonyl (C=O) groups excluding carboxylic acids is 1. The van der Waals surface area contributed by atoms with Gasteiger partial charge in [-0.15, -0.1) is 0 Å². The number of ether oxygens (including phenoxy) is 3. The number of carbonyl (C=O) groups is 1. The van der Waals surface area contributed by atoms with Gasteiger partial charge < -0.3 is 19.1 Å². The molecule has 1 saturated heterocycles. The van der Waals surface area contributed by atoms with E-state index < -0.39 is 0 Å². The van der Waals surface area contributed by atoms with E-state index in [9.17, 15) is 4.79 Å². The number of fused-ring (bicyclic) bond motifs is 1. The largest absolute Gasteiger partial charge is 0.484 e. The van der Waals surface area contributed by atoms with E-state index in [0.29, 0.717) is 23.9 Å². The van der Waals surface area contributed by atoms with Crippen LogP contribution in [0.2, 0.25) is 5.02 Å². The van der Waals surface area contributed by atoms with Crippen LogP contribution in [0.15, 0.2) is 42.5 Å². The SMILES string of the molecule is O=C(COc1cccc(Cl)c1)N1CCN(Cc2ccc3c(c2)OCO3)CC1. The zero-order valence-corrected chi connectivity index (χ0v) is 15.7. The predicted molar refractivity (Wildman–Crippen MR) is 101 cm³/mol. The topological polar surface area (TPSA) is 51.2 Å². The van der Waals surface area contributed by atoms with Crippen LogP contribution in [0.25, 0.3) is 0 Å². The maximum Gasteiger partial charge on any atom is 0.260 e. The minimum absolute atomic E-state index is 0.00212. The Balaban J connectivity index is 1.24. The van der Waals surface area contributed by atoms with E-state index in [1.807, 2.05) is 17.0 Å². The van der Waals surface area contributed by atoms with Crippen molar-refractivity contribution in [1.82, 2.24) is 9.80 Å². The summed E-state index contributed by atoms with van der Waals surface area (Å²) in [6.07, 6.45) is 0. The molecule has 6 nitrogen and oxygen atoms in total. The molecule has 0 bridgehead atoms. The molecule has 0 aliphatic carbocycles. The van der Waals surface area contributed by atoms with Crippen LogP contribution in [0.3, 0.4) is 0 Å². The molecule has 4 rings (SSSR count). The lowest BCUT2D eigenvalue weighted by molar-refractivity contribution is -0.135. The monoisotopic (exact) mass is 388 g/mol. The van der Waals surface area contributed by atoms with Crippen LogP contribution in [0.5, 0.6) is 17.2 Å². The van der Waals surface area contributed by atoms with E-state index >= 15 is 0 Å². The maximum atomic E-state index is 12.4. The second-order valence-corrected chi connectivity index (χ2v) is 7.03. The van der Waals surface area contributed by atoms with E-state index in [1.165, 1.54) is 5.56 Å². The Kier molecular flexibility index (Phi) is 5.36. The lowest BCUT2D eigenvalue weighted by Gasteiger charge is -2.34. The van der Waals surface area contributed by atoms with E-state index in [4.69, 9.17) is 25.8 Å². The van der Waals surface area contributed by atoms with Gasteiger partial charge >= 0.3 is 0 Å². The molecule has 7 heteroatoms. The van der Waals surface area contributed by atoms with E-state index in [0.717, 1.165) is 31.1 Å². The number of nitrogens with zero attached hydrogens (tertiary/aromatic N) is 2. The summed E-state index contributed by atoms with van der Waals surface area (Å²) in [6.45, 7) is 4.20. The Morgan fingerprint density at radius 3 is 2.67 bits per heavy atom. The van der Waals surface area contributed by atoms with Crippen LogP contribution in [0.4, 0.5) is 0 Å². The van der Waals surface area contributed by atoms with Crippen molar-refractivity contribution in [2.24, 2.45) is 0 Å². The fourth-order valence-electron chi connectivity index (χ4n) is 3.25. The zero-order chi connectivity index (χ0) is 18.6. The van der Waals surface area contributed by atoms with Gasteiger partial charge in [0, 0.05) is 37.7 Å². The van der Waals surface area contributed by atoms with Crippen LogP contribution < -0.4 is 14.2 Å². The molecule has 1 amide bonds. The highest BCUT2D eigenvalue weighted by molar-refractivity contribution is 6.30. The summed E-state index contributed by atoms with van der Waals surface area (Å²) >= 11 is 5.93. The number of benzene rings is 2. The number of halogens is 1. The van der Waals surface area contributed by atoms with Crippen molar-refractivity contribution >= 4 is 17.5 Å². The van der Waals surface area contributed by atoms with Gasteiger partial charge in [-0.05, 0) is 35.9 Å². The summed E-state index contributed by atoms with van der Waals surface area (Å²) < 4.78 is 16.3. The Labute approximate surface area is 163 Å². The third kappa shape index (κ3) is 4.46. The molecule has 1 fully saturated rings. The van der Waals surface area contributed by atoms with Crippen LogP contribution in [-0.2, 0) is 11.3 Å². The van der Waals surface area contributed by atoms with Gasteiger partial charge in [0.15, 0.2) is 18.1 Å². The van der Waals surface area contributed by atoms with Crippen molar-refractivity contribution in [3.8, 4) is 17.2 Å². The summed E-state index contributed by atoms with van der Waals surface area (Å²) in [7, 11) is 0. The van der Waals surface area contributed by atoms with Gasteiger partial charge in [0.2, 0.25) is 6.79 Å². The van der Waals surface area contributed by atoms with Crippen LogP contribution in [0, 0.1) is 0 Å². The number of piperazine rings is 1. The first-order valence-corrected chi connectivity index (χ1v) is 9.32. The lowest BCUT2D eigenvalue weighted by atomic mass is 10.1. The average molecular weight is 389 g/mol. The minimum atomic E-state index is -0.00212. The molecule has 0 aromatic heterocycles. The first-order chi connectivity index (χ1) is 13.2. The Bertz CT molecular complexity index is 821. The summed E-state index contributed by atoms with van der Waals surface area (Å²) in [5.41, 5.74) is 1.18. The second-order valence-electron chi connectivity index (χ2n) is 6.59. The van der Waals surface area contributed by atoms with Gasteiger partial charge in [-0.3, -0.25) is 9.69 Å². The van der Waals surface area contributed by atoms with Crippen molar-refractivity contribution in [2.45, 2.75) is 6.54 Å². The quantitative estimate of drug-likeness (QED) is 0.788. The second kappa shape index (κ2) is 8.06. The fourth-order valence-corrected chi connectivity index (χ4v) is 3.43. The number of rotatable bonds is 5. The Morgan fingerprint density at radius 1 is 1.04 bits per heavy atom. The molecule has 27 heavy (non-hydrogen) atoms. The van der Waals surface area contributed by atoms with Crippen molar-refractivity contribution in [1.29, 1.82) is 0 Å². The van der Waals surface area contributed by atoms with E-state index in [1.54, 1.807) is 24.3 Å². The molecule has 0 unspecified atom stereocenters. The molecule has 2 heterocycles. The van der Waals surface area contributed by atoms with Crippen LogP contribution in [-0.4, -0.2) is 55.3 Å². The molecule has 0 saturated carbocycles. The molecule has 2 aliphatic heterocycles. The maximum absolute atomic E-state index is 12.4. The molecular weight excluding hydrogens is 368 g/mol. The molecule has 0 atom stereocenters. The van der Waals surface area contributed by atoms with Crippen molar-refractivity contribution in [3.63, 3.8) is 0 Å². The first kappa shape index (κ1) is 17.9. The number of hydrogen-bond acceptors (Lipinski definition) is 5. The first-order valence-electron chi connectivity index (χ1n) is 8.94. The molecular formula is C20H21ClN2O4. The smallest absolute Gasteiger partial charge is 0.260 e. The summed E-state index contributed by atoms with van der Waals surface area (Å²) in [6, 6.07) is 13.1. The van der Waals surface area contributed by atoms with Crippen LogP contribution in [0.1, 0.15) is 5.56 Å². The molecule has 142 valence electrons. The van der Waals surface area contributed by atoms with Gasteiger partial charge in [0.25, 0.3) is 5.91 Å². The standard InChI is InChI=1S/C20H21ClN2O4/c21-16-2-1-3-17(11-16)25-13-20(24)23-8-6-22(7-9-23)12-15-4-5-18-19(10-15)27-14-26-18/h1-5,10-11H,6-9,12-14H2. The summed E-state index contributed by atoms with van der Waals surface area (Å²) in [4.78, 5) is 16.5. The normalized spacial score (nSPS) is 16.4. The average Bonchev–Trinajstić information content (AvgIpc) is 3.15. The van der Waals surface area contributed by atoms with Gasteiger partial charge in [0.05, 0.1) is 0 Å². The van der Waals surface area contributed by atoms with Crippen molar-refractivity contribution in [3.05, 3.63) is 53.1 Å². The zero-order valence-electron chi connectivity index (χ0n) is 14.9. The van der Waals surface area contributed by atoms with Gasteiger partial charge in [0.1, 0.15) is 5.75 Å². The highest BCUT2D eigenvalue weighted by Gasteiger charge is 2.22. The summed E-state index contributed by atoms with van der Waals surface area (Å²) in [5, 5.41) is 0.595. The van der Waals surface area contributed by atoms with E-state index in [-0.39, 0.29) is 19.3 Å². The highest BCUT2D eigenvalue weighted by Crippen LogP contribution is 2.32. The number of hydrogen-bond donors (Lipinski definition) is 0. The lowest BCUT2D eigenvalue weighted by Crippen LogP contribution is -2.49. The fraction of sp³-hybridized carbons (Fsp3) is 0.350. The van der Waals surface area contributed by atoms with Crippen molar-refractivity contribution in [2.75, 3.05) is 39.6 Å². The third-order valence-corrected chi connectivity index (χ3v) is 4.96. The molecule has 0 radical (unpaired) electrons. The third-order valence-electron chi connectivity index (χ3n) is 4.73. The molecule has 0 N–H and O–H groups in total. The highest BCUT2D eigenvalue weighted by atomic mass is 35.5. The minimum Gasteiger partial charge on any atom is -0.484 e. The summed E-state index contributed by atoms with van der Waals surface area (Å²) in [5.74, 6) is 2.21. The number of amides is 1. The van der Waals surface area contributed by atoms with Crippen LogP contribution >= 0.6 is 11.6 Å². The Hall–Kier alpha value is -2.44. The van der Waals surface area contributed by atoms with E-state index in [2.05, 4.69) is 11.0 Å². The Morgan fingerprint density at radius 2 is 1.85 bits per heavy atom. The molecule has 0 spiro atoms. The van der Waals surface area contributed by atoms with Gasteiger partial charge in [-0.25, -0.2) is 0 Å².